The van der Waals surface area contributed by atoms with Gasteiger partial charge in [0.15, 0.2) is 0 Å². The van der Waals surface area contributed by atoms with E-state index in [1.54, 1.807) is 23.7 Å². The molecule has 0 radical (unpaired) electrons. The molecule has 0 aromatic carbocycles. The van der Waals surface area contributed by atoms with E-state index in [2.05, 4.69) is 5.32 Å². The van der Waals surface area contributed by atoms with Gasteiger partial charge in [0.05, 0.1) is 6.04 Å². The van der Waals surface area contributed by atoms with Gasteiger partial charge in [-0.3, -0.25) is 9.59 Å². The van der Waals surface area contributed by atoms with Gasteiger partial charge in [-0.05, 0) is 18.4 Å². The molecular formula is C12H25N3O2S. The van der Waals surface area contributed by atoms with Crippen LogP contribution in [-0.2, 0) is 9.59 Å². The van der Waals surface area contributed by atoms with Gasteiger partial charge in [0.25, 0.3) is 0 Å². The number of rotatable bonds is 8. The number of nitrogens with one attached hydrogen (secondary N) is 1. The summed E-state index contributed by atoms with van der Waals surface area (Å²) in [5.41, 5.74) is 5.79. The molecule has 1 unspecified atom stereocenters. The molecule has 1 atom stereocenters. The molecule has 0 saturated carbocycles. The maximum atomic E-state index is 11.8. The summed E-state index contributed by atoms with van der Waals surface area (Å²) in [4.78, 5) is 24.7. The summed E-state index contributed by atoms with van der Waals surface area (Å²) in [5, 5.41) is 2.77. The lowest BCUT2D eigenvalue weighted by Gasteiger charge is -2.21. The molecule has 18 heavy (non-hydrogen) atoms. The van der Waals surface area contributed by atoms with E-state index in [0.29, 0.717) is 19.5 Å². The highest BCUT2D eigenvalue weighted by atomic mass is 32.2. The highest BCUT2D eigenvalue weighted by Crippen LogP contribution is 2.01. The lowest BCUT2D eigenvalue weighted by molar-refractivity contribution is -0.132. The van der Waals surface area contributed by atoms with Crippen LogP contribution in [0.15, 0.2) is 0 Å². The Morgan fingerprint density at radius 2 is 2.00 bits per heavy atom. The largest absolute Gasteiger partial charge is 0.354 e. The third-order valence-electron chi connectivity index (χ3n) is 2.60. The minimum Gasteiger partial charge on any atom is -0.354 e. The molecule has 0 aromatic rings. The van der Waals surface area contributed by atoms with Gasteiger partial charge in [-0.25, -0.2) is 0 Å². The second kappa shape index (κ2) is 9.22. The number of hydrogen-bond acceptors (Lipinski definition) is 4. The molecule has 0 bridgehead atoms. The molecule has 0 rings (SSSR count). The maximum absolute atomic E-state index is 11.8. The average Bonchev–Trinajstić information content (AvgIpc) is 2.34. The lowest BCUT2D eigenvalue weighted by Crippen LogP contribution is -2.45. The molecule has 3 N–H and O–H groups in total. The Bertz CT molecular complexity index is 272. The molecule has 106 valence electrons. The van der Waals surface area contributed by atoms with Crippen LogP contribution in [0.25, 0.3) is 0 Å². The van der Waals surface area contributed by atoms with E-state index in [1.165, 1.54) is 0 Å². The Balaban J connectivity index is 3.90. The SMILES string of the molecule is CSCCC(N)C(=O)N(C)CCNC(=O)C(C)C. The molecule has 2 amide bonds. The maximum Gasteiger partial charge on any atom is 0.239 e. The van der Waals surface area contributed by atoms with Gasteiger partial charge < -0.3 is 16.0 Å². The van der Waals surface area contributed by atoms with E-state index in [4.69, 9.17) is 5.73 Å². The second-order valence-electron chi connectivity index (χ2n) is 4.59. The van der Waals surface area contributed by atoms with Gasteiger partial charge >= 0.3 is 0 Å². The van der Waals surface area contributed by atoms with Crippen molar-refractivity contribution in [3.8, 4) is 0 Å². The Labute approximate surface area is 114 Å². The minimum absolute atomic E-state index is 0.00234. The van der Waals surface area contributed by atoms with E-state index in [-0.39, 0.29) is 17.7 Å². The van der Waals surface area contributed by atoms with Crippen LogP contribution in [0.1, 0.15) is 20.3 Å². The summed E-state index contributed by atoms with van der Waals surface area (Å²) >= 11 is 1.68. The smallest absolute Gasteiger partial charge is 0.239 e. The van der Waals surface area contributed by atoms with Crippen LogP contribution in [0.2, 0.25) is 0 Å². The highest BCUT2D eigenvalue weighted by Gasteiger charge is 2.17. The van der Waals surface area contributed by atoms with Crippen LogP contribution in [0.3, 0.4) is 0 Å². The minimum atomic E-state index is -0.441. The zero-order valence-corrected chi connectivity index (χ0v) is 12.5. The molecule has 0 fully saturated rings. The van der Waals surface area contributed by atoms with Crippen LogP contribution < -0.4 is 11.1 Å². The zero-order chi connectivity index (χ0) is 14.1. The van der Waals surface area contributed by atoms with Crippen LogP contribution in [0, 0.1) is 5.92 Å². The van der Waals surface area contributed by atoms with Gasteiger partial charge in [0.1, 0.15) is 0 Å². The van der Waals surface area contributed by atoms with Crippen LogP contribution in [0.4, 0.5) is 0 Å². The average molecular weight is 275 g/mol. The van der Waals surface area contributed by atoms with Crippen LogP contribution >= 0.6 is 11.8 Å². The quantitative estimate of drug-likeness (QED) is 0.668. The first-order valence-corrected chi connectivity index (χ1v) is 7.56. The van der Waals surface area contributed by atoms with Gasteiger partial charge in [-0.2, -0.15) is 11.8 Å². The lowest BCUT2D eigenvalue weighted by atomic mass is 10.2. The summed E-state index contributed by atoms with van der Waals surface area (Å²) in [6.45, 7) is 4.63. The van der Waals surface area contributed by atoms with Gasteiger partial charge in [-0.15, -0.1) is 0 Å². The number of carbonyl (C=O) groups is 2. The molecule has 0 aliphatic rings. The van der Waals surface area contributed by atoms with Crippen molar-refractivity contribution in [1.29, 1.82) is 0 Å². The van der Waals surface area contributed by atoms with E-state index < -0.39 is 6.04 Å². The fraction of sp³-hybridized carbons (Fsp3) is 0.833. The first-order valence-electron chi connectivity index (χ1n) is 6.17. The van der Waals surface area contributed by atoms with E-state index in [0.717, 1.165) is 5.75 Å². The van der Waals surface area contributed by atoms with E-state index >= 15 is 0 Å². The molecule has 5 nitrogen and oxygen atoms in total. The Hall–Kier alpha value is -0.750. The van der Waals surface area contributed by atoms with E-state index in [9.17, 15) is 9.59 Å². The van der Waals surface area contributed by atoms with Crippen molar-refractivity contribution in [1.82, 2.24) is 10.2 Å². The topological polar surface area (TPSA) is 75.4 Å². The Kier molecular flexibility index (Phi) is 8.83. The summed E-state index contributed by atoms with van der Waals surface area (Å²) in [7, 11) is 1.71. The second-order valence-corrected chi connectivity index (χ2v) is 5.58. The number of amides is 2. The Morgan fingerprint density at radius 1 is 1.39 bits per heavy atom. The normalized spacial score (nSPS) is 12.3. The molecule has 6 heteroatoms. The van der Waals surface area contributed by atoms with Crippen molar-refractivity contribution in [2.24, 2.45) is 11.7 Å². The van der Waals surface area contributed by atoms with Crippen molar-refractivity contribution < 1.29 is 9.59 Å². The summed E-state index contributed by atoms with van der Waals surface area (Å²) in [6.07, 6.45) is 2.67. The molecule has 0 aromatic heterocycles. The summed E-state index contributed by atoms with van der Waals surface area (Å²) < 4.78 is 0. The molecular weight excluding hydrogens is 250 g/mol. The predicted molar refractivity (Wildman–Crippen MR) is 76.5 cm³/mol. The standard InChI is InChI=1S/C12H25N3O2S/c1-9(2)11(16)14-6-7-15(3)12(17)10(13)5-8-18-4/h9-10H,5-8,13H2,1-4H3,(H,14,16). The Morgan fingerprint density at radius 3 is 2.50 bits per heavy atom. The van der Waals surface area contributed by atoms with Crippen molar-refractivity contribution in [3.05, 3.63) is 0 Å². The van der Waals surface area contributed by atoms with Crippen molar-refractivity contribution in [2.45, 2.75) is 26.3 Å². The number of thioether (sulfide) groups is 1. The van der Waals surface area contributed by atoms with Crippen molar-refractivity contribution in [3.63, 3.8) is 0 Å². The first kappa shape index (κ1) is 17.2. The van der Waals surface area contributed by atoms with Gasteiger partial charge in [-0.1, -0.05) is 13.8 Å². The van der Waals surface area contributed by atoms with Crippen LogP contribution in [0.5, 0.6) is 0 Å². The third kappa shape index (κ3) is 6.86. The zero-order valence-electron chi connectivity index (χ0n) is 11.7. The summed E-state index contributed by atoms with van der Waals surface area (Å²) in [6, 6.07) is -0.441. The first-order chi connectivity index (χ1) is 8.40. The fourth-order valence-electron chi connectivity index (χ4n) is 1.31. The van der Waals surface area contributed by atoms with Crippen molar-refractivity contribution in [2.75, 3.05) is 32.1 Å². The number of nitrogens with zero attached hydrogens (tertiary/aromatic N) is 1. The van der Waals surface area contributed by atoms with Gasteiger partial charge in [0, 0.05) is 26.1 Å². The predicted octanol–water partition coefficient (Wildman–Crippen LogP) is 0.297. The number of carbonyl (C=O) groups excluding carboxylic acids is 2. The highest BCUT2D eigenvalue weighted by molar-refractivity contribution is 7.98. The fourth-order valence-corrected chi connectivity index (χ4v) is 1.80. The number of hydrogen-bond donors (Lipinski definition) is 2. The summed E-state index contributed by atoms with van der Waals surface area (Å²) in [5.74, 6) is 0.783. The molecule has 0 aliphatic heterocycles. The van der Waals surface area contributed by atoms with Crippen molar-refractivity contribution >= 4 is 23.6 Å². The number of likely N-dealkylation sites (N-methyl/N-ethyl adjacent to an activating group) is 1. The molecule has 0 heterocycles. The molecule has 0 aliphatic carbocycles. The van der Waals surface area contributed by atoms with E-state index in [1.807, 2.05) is 20.1 Å². The van der Waals surface area contributed by atoms with Gasteiger partial charge in [0.2, 0.25) is 11.8 Å². The third-order valence-corrected chi connectivity index (χ3v) is 3.24. The van der Waals surface area contributed by atoms with Crippen LogP contribution in [-0.4, -0.2) is 54.9 Å². The number of nitrogens with two attached hydrogens (primary N) is 1. The molecule has 0 saturated heterocycles. The monoisotopic (exact) mass is 275 g/mol. The molecule has 0 spiro atoms.